The van der Waals surface area contributed by atoms with Gasteiger partial charge >= 0.3 is 0 Å². The Kier molecular flexibility index (Phi) is 3.42. The van der Waals surface area contributed by atoms with Gasteiger partial charge in [0.2, 0.25) is 0 Å². The smallest absolute Gasteiger partial charge is 0.0898 e. The highest BCUT2D eigenvalue weighted by molar-refractivity contribution is 7.09. The minimum Gasteiger partial charge on any atom is -0.309 e. The summed E-state index contributed by atoms with van der Waals surface area (Å²) in [5, 5.41) is 6.90. The number of hydrogen-bond acceptors (Lipinski definition) is 3. The van der Waals surface area contributed by atoms with Gasteiger partial charge in [-0.2, -0.15) is 0 Å². The first-order chi connectivity index (χ1) is 7.16. The van der Waals surface area contributed by atoms with E-state index in [1.807, 2.05) is 0 Å². The van der Waals surface area contributed by atoms with Gasteiger partial charge < -0.3 is 5.32 Å². The number of aryl methyl sites for hydroxylation is 1. The molecule has 0 aromatic carbocycles. The van der Waals surface area contributed by atoms with Gasteiger partial charge in [-0.05, 0) is 45.1 Å². The molecule has 1 N–H and O–H groups in total. The van der Waals surface area contributed by atoms with Gasteiger partial charge in [-0.1, -0.05) is 6.92 Å². The lowest BCUT2D eigenvalue weighted by atomic mass is 10.1. The molecular formula is C12H20N2S. The van der Waals surface area contributed by atoms with E-state index in [1.165, 1.54) is 18.5 Å². The summed E-state index contributed by atoms with van der Waals surface area (Å²) in [4.78, 5) is 4.51. The predicted octanol–water partition coefficient (Wildman–Crippen LogP) is 3.15. The van der Waals surface area contributed by atoms with E-state index in [2.05, 4.69) is 36.5 Å². The Balaban J connectivity index is 1.78. The standard InChI is InChI=1S/C12H20N2S/c1-8(11-4-5-11)6-13-9(2)12-7-15-10(3)14-12/h7-9,11,13H,4-6H2,1-3H3. The normalized spacial score (nSPS) is 20.2. The lowest BCUT2D eigenvalue weighted by Crippen LogP contribution is -2.25. The third-order valence-corrected chi connectivity index (χ3v) is 4.04. The van der Waals surface area contributed by atoms with E-state index in [4.69, 9.17) is 0 Å². The molecule has 0 bridgehead atoms. The molecule has 2 atom stereocenters. The van der Waals surface area contributed by atoms with Crippen LogP contribution in [0, 0.1) is 18.8 Å². The van der Waals surface area contributed by atoms with E-state index >= 15 is 0 Å². The van der Waals surface area contributed by atoms with Crippen molar-refractivity contribution in [2.24, 2.45) is 11.8 Å². The second-order valence-electron chi connectivity index (χ2n) is 4.74. The van der Waals surface area contributed by atoms with Gasteiger partial charge in [0.1, 0.15) is 0 Å². The van der Waals surface area contributed by atoms with Gasteiger partial charge in [0.05, 0.1) is 10.7 Å². The summed E-state index contributed by atoms with van der Waals surface area (Å²) >= 11 is 1.73. The molecule has 0 amide bonds. The Labute approximate surface area is 96.1 Å². The van der Waals surface area contributed by atoms with Crippen molar-refractivity contribution < 1.29 is 0 Å². The average Bonchev–Trinajstić information content (AvgIpc) is 2.97. The molecule has 1 heterocycles. The van der Waals surface area contributed by atoms with Crippen LogP contribution in [-0.2, 0) is 0 Å². The Hall–Kier alpha value is -0.410. The fourth-order valence-electron chi connectivity index (χ4n) is 1.88. The van der Waals surface area contributed by atoms with Crippen LogP contribution >= 0.6 is 11.3 Å². The van der Waals surface area contributed by atoms with Crippen molar-refractivity contribution in [2.75, 3.05) is 6.54 Å². The first-order valence-electron chi connectivity index (χ1n) is 5.82. The van der Waals surface area contributed by atoms with Crippen LogP contribution in [0.5, 0.6) is 0 Å². The molecule has 2 nitrogen and oxygen atoms in total. The number of nitrogens with zero attached hydrogens (tertiary/aromatic N) is 1. The molecule has 2 rings (SSSR count). The Morgan fingerprint density at radius 3 is 2.80 bits per heavy atom. The van der Waals surface area contributed by atoms with Crippen LogP contribution in [0.2, 0.25) is 0 Å². The van der Waals surface area contributed by atoms with Crippen LogP contribution in [0.3, 0.4) is 0 Å². The number of hydrogen-bond donors (Lipinski definition) is 1. The summed E-state index contributed by atoms with van der Waals surface area (Å²) in [5.74, 6) is 1.81. The first-order valence-corrected chi connectivity index (χ1v) is 6.70. The molecule has 1 aromatic rings. The zero-order valence-electron chi connectivity index (χ0n) is 9.79. The van der Waals surface area contributed by atoms with Crippen molar-refractivity contribution >= 4 is 11.3 Å². The van der Waals surface area contributed by atoms with E-state index in [-0.39, 0.29) is 0 Å². The Bertz CT molecular complexity index is 317. The monoisotopic (exact) mass is 224 g/mol. The minimum atomic E-state index is 0.399. The van der Waals surface area contributed by atoms with Crippen molar-refractivity contribution in [1.29, 1.82) is 0 Å². The van der Waals surface area contributed by atoms with E-state index in [1.54, 1.807) is 11.3 Å². The molecule has 0 radical (unpaired) electrons. The second-order valence-corrected chi connectivity index (χ2v) is 5.80. The van der Waals surface area contributed by atoms with E-state index in [9.17, 15) is 0 Å². The molecule has 0 spiro atoms. The molecule has 0 saturated heterocycles. The number of nitrogens with one attached hydrogen (secondary N) is 1. The fraction of sp³-hybridized carbons (Fsp3) is 0.750. The molecule has 84 valence electrons. The van der Waals surface area contributed by atoms with Crippen LogP contribution in [0.15, 0.2) is 5.38 Å². The zero-order chi connectivity index (χ0) is 10.8. The van der Waals surface area contributed by atoms with Crippen LogP contribution < -0.4 is 5.32 Å². The molecule has 1 aliphatic carbocycles. The van der Waals surface area contributed by atoms with Crippen molar-refractivity contribution in [2.45, 2.75) is 39.7 Å². The molecule has 3 heteroatoms. The summed E-state index contributed by atoms with van der Waals surface area (Å²) in [6, 6.07) is 0.399. The largest absolute Gasteiger partial charge is 0.309 e. The molecule has 15 heavy (non-hydrogen) atoms. The maximum absolute atomic E-state index is 4.51. The van der Waals surface area contributed by atoms with Crippen molar-refractivity contribution in [3.63, 3.8) is 0 Å². The van der Waals surface area contributed by atoms with Gasteiger partial charge in [0.25, 0.3) is 0 Å². The second kappa shape index (κ2) is 4.62. The van der Waals surface area contributed by atoms with Gasteiger partial charge in [0, 0.05) is 11.4 Å². The Morgan fingerprint density at radius 1 is 1.53 bits per heavy atom. The molecule has 1 aliphatic rings. The van der Waals surface area contributed by atoms with Gasteiger partial charge in [-0.3, -0.25) is 0 Å². The lowest BCUT2D eigenvalue weighted by molar-refractivity contribution is 0.429. The van der Waals surface area contributed by atoms with E-state index in [0.29, 0.717) is 6.04 Å². The quantitative estimate of drug-likeness (QED) is 0.831. The summed E-state index contributed by atoms with van der Waals surface area (Å²) < 4.78 is 0. The summed E-state index contributed by atoms with van der Waals surface area (Å²) in [6.07, 6.45) is 2.88. The zero-order valence-corrected chi connectivity index (χ0v) is 10.6. The van der Waals surface area contributed by atoms with Crippen LogP contribution in [0.1, 0.15) is 43.4 Å². The third kappa shape index (κ3) is 3.02. The number of rotatable bonds is 5. The molecule has 0 aliphatic heterocycles. The van der Waals surface area contributed by atoms with Crippen molar-refractivity contribution in [3.05, 3.63) is 16.1 Å². The minimum absolute atomic E-state index is 0.399. The predicted molar refractivity (Wildman–Crippen MR) is 65.2 cm³/mol. The molecule has 1 saturated carbocycles. The fourth-order valence-corrected chi connectivity index (χ4v) is 2.58. The topological polar surface area (TPSA) is 24.9 Å². The van der Waals surface area contributed by atoms with E-state index in [0.717, 1.165) is 23.4 Å². The average molecular weight is 224 g/mol. The number of aromatic nitrogens is 1. The van der Waals surface area contributed by atoms with Crippen molar-refractivity contribution in [3.8, 4) is 0 Å². The highest BCUT2D eigenvalue weighted by atomic mass is 32.1. The first kappa shape index (κ1) is 11.1. The highest BCUT2D eigenvalue weighted by Gasteiger charge is 2.27. The SMILES string of the molecule is Cc1nc(C(C)NCC(C)C2CC2)cs1. The van der Waals surface area contributed by atoms with Crippen molar-refractivity contribution in [1.82, 2.24) is 10.3 Å². The molecule has 1 fully saturated rings. The summed E-state index contributed by atoms with van der Waals surface area (Å²) in [6.45, 7) is 7.74. The third-order valence-electron chi connectivity index (χ3n) is 3.25. The van der Waals surface area contributed by atoms with Crippen LogP contribution in [-0.4, -0.2) is 11.5 Å². The molecular weight excluding hydrogens is 204 g/mol. The molecule has 2 unspecified atom stereocenters. The summed E-state index contributed by atoms with van der Waals surface area (Å²) in [7, 11) is 0. The maximum atomic E-state index is 4.51. The van der Waals surface area contributed by atoms with Gasteiger partial charge in [-0.15, -0.1) is 11.3 Å². The number of thiazole rings is 1. The van der Waals surface area contributed by atoms with Gasteiger partial charge in [0.15, 0.2) is 0 Å². The molecule has 1 aromatic heterocycles. The van der Waals surface area contributed by atoms with Gasteiger partial charge in [-0.25, -0.2) is 4.98 Å². The van der Waals surface area contributed by atoms with E-state index < -0.39 is 0 Å². The van der Waals surface area contributed by atoms with Crippen LogP contribution in [0.4, 0.5) is 0 Å². The summed E-state index contributed by atoms with van der Waals surface area (Å²) in [5.41, 5.74) is 1.19. The highest BCUT2D eigenvalue weighted by Crippen LogP contribution is 2.36. The van der Waals surface area contributed by atoms with Crippen LogP contribution in [0.25, 0.3) is 0 Å². The Morgan fingerprint density at radius 2 is 2.27 bits per heavy atom. The maximum Gasteiger partial charge on any atom is 0.0898 e. The lowest BCUT2D eigenvalue weighted by Gasteiger charge is -2.15.